The first-order valence-electron chi connectivity index (χ1n) is 20.9. The van der Waals surface area contributed by atoms with Crippen molar-refractivity contribution in [1.29, 1.82) is 0 Å². The number of rotatable bonds is 7. The van der Waals surface area contributed by atoms with Gasteiger partial charge in [-0.3, -0.25) is 0 Å². The van der Waals surface area contributed by atoms with Gasteiger partial charge in [0, 0.05) is 53.0 Å². The van der Waals surface area contributed by atoms with Crippen molar-refractivity contribution in [2.45, 2.75) is 12.8 Å². The summed E-state index contributed by atoms with van der Waals surface area (Å²) < 4.78 is 9.14. The second-order valence-corrected chi connectivity index (χ2v) is 16.8. The highest BCUT2D eigenvalue weighted by Crippen LogP contribution is 2.42. The van der Waals surface area contributed by atoms with E-state index >= 15 is 0 Å². The van der Waals surface area contributed by atoms with Crippen LogP contribution in [0.3, 0.4) is 0 Å². The van der Waals surface area contributed by atoms with Crippen molar-refractivity contribution in [3.63, 3.8) is 0 Å². The highest BCUT2D eigenvalue weighted by Gasteiger charge is 2.22. The van der Waals surface area contributed by atoms with Crippen LogP contribution in [-0.4, -0.2) is 0 Å². The number of furan rings is 1. The van der Waals surface area contributed by atoms with Gasteiger partial charge >= 0.3 is 0 Å². The van der Waals surface area contributed by atoms with E-state index < -0.39 is 0 Å². The molecule has 2 heterocycles. The predicted molar refractivity (Wildman–Crippen MR) is 257 cm³/mol. The molecule has 0 spiro atoms. The number of hydrogen-bond acceptors (Lipinski definition) is 3. The standard InChI is InChI=1S/C58H37NOS/c1-2-17-45-39(13-1)14-10-21-46(45)40-31-29-38(30-32-40)42-15-9-16-44(37-42)59(43-35-33-41(34-36-43)47-22-11-24-51-49-19-4-7-26-54(49)60-58(47)51)53-25-6-3-18-48(53)50-23-12-28-56-57(50)52-20-5-8-27-55(52)61-56/h1-11,13-22,24-33,35,37H,12,23H2. The molecular formula is C58H37NOS. The summed E-state index contributed by atoms with van der Waals surface area (Å²) in [6.45, 7) is 0. The predicted octanol–water partition coefficient (Wildman–Crippen LogP) is 14.8. The molecular weight excluding hydrogens is 759 g/mol. The first-order chi connectivity index (χ1) is 30.2. The highest BCUT2D eigenvalue weighted by molar-refractivity contribution is 7.17. The van der Waals surface area contributed by atoms with Crippen LogP contribution in [0.1, 0.15) is 18.4 Å². The molecule has 0 saturated carbocycles. The Morgan fingerprint density at radius 1 is 0.508 bits per heavy atom. The van der Waals surface area contributed by atoms with E-state index in [1.807, 2.05) is 23.5 Å². The van der Waals surface area contributed by atoms with Crippen molar-refractivity contribution in [3.8, 4) is 33.4 Å². The second-order valence-electron chi connectivity index (χ2n) is 15.7. The summed E-state index contributed by atoms with van der Waals surface area (Å²) in [6.07, 6.45) is 4.40. The Balaban J connectivity index is 1.01. The van der Waals surface area contributed by atoms with Gasteiger partial charge in [-0.15, -0.1) is 11.3 Å². The summed E-state index contributed by atoms with van der Waals surface area (Å²) in [7, 11) is 0. The zero-order valence-electron chi connectivity index (χ0n) is 33.2. The molecule has 12 rings (SSSR count). The van der Waals surface area contributed by atoms with Crippen molar-refractivity contribution >= 4 is 82.8 Å². The number of anilines is 3. The third kappa shape index (κ3) is 6.03. The van der Waals surface area contributed by atoms with Gasteiger partial charge in [0.2, 0.25) is 0 Å². The summed E-state index contributed by atoms with van der Waals surface area (Å²) in [6, 6.07) is 77.0. The van der Waals surface area contributed by atoms with Crippen LogP contribution in [0.25, 0.3) is 87.8 Å². The van der Waals surface area contributed by atoms with Gasteiger partial charge in [0.05, 0.1) is 11.4 Å². The Labute approximate surface area is 358 Å². The molecule has 0 amide bonds. The van der Waals surface area contributed by atoms with Crippen LogP contribution in [0.5, 0.6) is 0 Å². The Kier molecular flexibility index (Phi) is 8.44. The molecule has 61 heavy (non-hydrogen) atoms. The maximum absolute atomic E-state index is 6.45. The first kappa shape index (κ1) is 35.3. The maximum Gasteiger partial charge on any atom is 0.143 e. The van der Waals surface area contributed by atoms with Gasteiger partial charge in [0.25, 0.3) is 0 Å². The summed E-state index contributed by atoms with van der Waals surface area (Å²) >= 11 is 1.90. The van der Waals surface area contributed by atoms with Crippen molar-refractivity contribution in [3.05, 3.63) is 222 Å². The topological polar surface area (TPSA) is 16.4 Å². The Hall–Kier alpha value is -7.64. The SMILES string of the molecule is c1c(-c2cccc3c2oc2ccccc23)ccc(N(c2cccc(-c3ccc(-c4cccc5ccccc45)cc3)c2)c2ccccc2C2=c3c(sc4ccccc34)=CCC2)c#1. The molecule has 11 aromatic rings. The zero-order valence-corrected chi connectivity index (χ0v) is 34.0. The van der Waals surface area contributed by atoms with Crippen molar-refractivity contribution in [2.75, 3.05) is 4.90 Å². The fraction of sp³-hybridized carbons (Fsp3) is 0.0345. The zero-order chi connectivity index (χ0) is 40.3. The van der Waals surface area contributed by atoms with E-state index in [0.29, 0.717) is 0 Å². The highest BCUT2D eigenvalue weighted by atomic mass is 32.1. The number of fused-ring (bicyclic) bond motifs is 7. The third-order valence-corrected chi connectivity index (χ3v) is 13.4. The van der Waals surface area contributed by atoms with Gasteiger partial charge in [-0.05, 0) is 106 Å². The van der Waals surface area contributed by atoms with E-state index in [1.54, 1.807) is 0 Å². The monoisotopic (exact) mass is 795 g/mol. The molecule has 0 bridgehead atoms. The van der Waals surface area contributed by atoms with Crippen LogP contribution < -0.4 is 14.7 Å². The van der Waals surface area contributed by atoms with Crippen molar-refractivity contribution in [2.24, 2.45) is 0 Å². The average molecular weight is 796 g/mol. The van der Waals surface area contributed by atoms with Crippen LogP contribution in [0, 0.1) is 12.1 Å². The Morgan fingerprint density at radius 2 is 1.21 bits per heavy atom. The Morgan fingerprint density at radius 3 is 2.11 bits per heavy atom. The number of benzene rings is 8. The molecule has 0 radical (unpaired) electrons. The number of hydrogen-bond donors (Lipinski definition) is 0. The molecule has 0 atom stereocenters. The smallest absolute Gasteiger partial charge is 0.143 e. The van der Waals surface area contributed by atoms with Crippen LogP contribution in [-0.2, 0) is 0 Å². The van der Waals surface area contributed by atoms with Gasteiger partial charge in [-0.25, -0.2) is 0 Å². The largest absolute Gasteiger partial charge is 0.455 e. The van der Waals surface area contributed by atoms with E-state index in [1.165, 1.54) is 52.9 Å². The van der Waals surface area contributed by atoms with E-state index in [4.69, 9.17) is 4.42 Å². The fourth-order valence-electron chi connectivity index (χ4n) is 9.36. The Bertz CT molecular complexity index is 3590. The fourth-order valence-corrected chi connectivity index (χ4v) is 10.6. The molecule has 1 aliphatic carbocycles. The molecule has 0 saturated heterocycles. The minimum atomic E-state index is 0.867. The lowest BCUT2D eigenvalue weighted by Crippen LogP contribution is -2.26. The lowest BCUT2D eigenvalue weighted by atomic mass is 9.92. The summed E-state index contributed by atoms with van der Waals surface area (Å²) in [5.74, 6) is 0. The van der Waals surface area contributed by atoms with Gasteiger partial charge in [0.1, 0.15) is 11.2 Å². The van der Waals surface area contributed by atoms with Crippen LogP contribution in [0.2, 0.25) is 0 Å². The van der Waals surface area contributed by atoms with Crippen LogP contribution in [0.15, 0.2) is 199 Å². The first-order valence-corrected chi connectivity index (χ1v) is 21.7. The van der Waals surface area contributed by atoms with Gasteiger partial charge in [-0.2, -0.15) is 0 Å². The van der Waals surface area contributed by atoms with Crippen molar-refractivity contribution in [1.82, 2.24) is 0 Å². The van der Waals surface area contributed by atoms with E-state index in [9.17, 15) is 0 Å². The van der Waals surface area contributed by atoms with Crippen molar-refractivity contribution < 1.29 is 4.42 Å². The number of para-hydroxylation sites is 3. The molecule has 0 fully saturated rings. The van der Waals surface area contributed by atoms with Gasteiger partial charge in [0.15, 0.2) is 0 Å². The minimum Gasteiger partial charge on any atom is -0.455 e. The normalized spacial score (nSPS) is 12.4. The molecule has 3 heteroatoms. The molecule has 0 N–H and O–H groups in total. The molecule has 9 aromatic carbocycles. The summed E-state index contributed by atoms with van der Waals surface area (Å²) in [5.41, 5.74) is 14.1. The van der Waals surface area contributed by atoms with Gasteiger partial charge in [-0.1, -0.05) is 158 Å². The lowest BCUT2D eigenvalue weighted by molar-refractivity contribution is 0.670. The molecule has 1 aliphatic rings. The number of thiophene rings is 1. The summed E-state index contributed by atoms with van der Waals surface area (Å²) in [4.78, 5) is 2.37. The molecule has 0 aliphatic heterocycles. The molecule has 0 unspecified atom stereocenters. The molecule has 2 nitrogen and oxygen atoms in total. The lowest BCUT2D eigenvalue weighted by Gasteiger charge is -2.28. The van der Waals surface area contributed by atoms with Crippen LogP contribution in [0.4, 0.5) is 17.1 Å². The minimum absolute atomic E-state index is 0.867. The maximum atomic E-state index is 6.45. The summed E-state index contributed by atoms with van der Waals surface area (Å²) in [5, 5.41) is 7.42. The van der Waals surface area contributed by atoms with Gasteiger partial charge < -0.3 is 9.32 Å². The van der Waals surface area contributed by atoms with E-state index in [0.717, 1.165) is 74.1 Å². The average Bonchev–Trinajstić information content (AvgIpc) is 3.91. The van der Waals surface area contributed by atoms with E-state index in [2.05, 4.69) is 205 Å². The second kappa shape index (κ2) is 14.6. The number of nitrogens with zero attached hydrogens (tertiary/aromatic N) is 1. The van der Waals surface area contributed by atoms with Crippen LogP contribution >= 0.6 is 11.3 Å². The molecule has 286 valence electrons. The molecule has 2 aromatic heterocycles. The third-order valence-electron chi connectivity index (χ3n) is 12.2. The quantitative estimate of drug-likeness (QED) is 0.160. The van der Waals surface area contributed by atoms with E-state index in [-0.39, 0.29) is 0 Å².